The smallest absolute Gasteiger partial charge is 0.243 e. The average Bonchev–Trinajstić information content (AvgIpc) is 3.11. The molecule has 6 heteroatoms. The molecule has 1 aliphatic rings. The Labute approximate surface area is 107 Å². The third kappa shape index (κ3) is 3.28. The Morgan fingerprint density at radius 2 is 2.11 bits per heavy atom. The summed E-state index contributed by atoms with van der Waals surface area (Å²) in [7, 11) is -3.73. The molecule has 1 aromatic carbocycles. The molecular formula is C12H17FN2O2S. The summed E-state index contributed by atoms with van der Waals surface area (Å²) in [5.41, 5.74) is 0.759. The minimum atomic E-state index is -3.73. The van der Waals surface area contributed by atoms with E-state index in [9.17, 15) is 12.8 Å². The van der Waals surface area contributed by atoms with Crippen LogP contribution in [0.3, 0.4) is 0 Å². The fraction of sp³-hybridized carbons (Fsp3) is 0.500. The number of nitrogens with one attached hydrogen (secondary N) is 2. The van der Waals surface area contributed by atoms with E-state index in [2.05, 4.69) is 10.0 Å². The van der Waals surface area contributed by atoms with Crippen LogP contribution < -0.4 is 10.0 Å². The van der Waals surface area contributed by atoms with Crippen LogP contribution in [0, 0.1) is 5.82 Å². The molecule has 0 bridgehead atoms. The number of benzene rings is 1. The summed E-state index contributed by atoms with van der Waals surface area (Å²) < 4.78 is 40.0. The van der Waals surface area contributed by atoms with Crippen molar-refractivity contribution in [1.82, 2.24) is 10.0 Å². The third-order valence-electron chi connectivity index (χ3n) is 2.76. The van der Waals surface area contributed by atoms with Crippen LogP contribution in [0.2, 0.25) is 0 Å². The Bertz CT molecular complexity index is 527. The lowest BCUT2D eigenvalue weighted by Crippen LogP contribution is -2.26. The van der Waals surface area contributed by atoms with E-state index in [-0.39, 0.29) is 10.9 Å². The van der Waals surface area contributed by atoms with Crippen LogP contribution in [-0.4, -0.2) is 21.0 Å². The molecule has 0 aromatic heterocycles. The molecule has 2 rings (SSSR count). The third-order valence-corrected chi connectivity index (χ3v) is 4.30. The lowest BCUT2D eigenvalue weighted by molar-refractivity contribution is 0.555. The number of rotatable bonds is 6. The van der Waals surface area contributed by atoms with Gasteiger partial charge in [-0.2, -0.15) is 0 Å². The molecule has 0 amide bonds. The van der Waals surface area contributed by atoms with Crippen molar-refractivity contribution in [3.05, 3.63) is 29.6 Å². The van der Waals surface area contributed by atoms with E-state index in [1.54, 1.807) is 6.07 Å². The van der Waals surface area contributed by atoms with Crippen molar-refractivity contribution in [2.45, 2.75) is 37.2 Å². The largest absolute Gasteiger partial charge is 0.313 e. The molecule has 1 fully saturated rings. The Kier molecular flexibility index (Phi) is 3.99. The summed E-state index contributed by atoms with van der Waals surface area (Å²) in [4.78, 5) is -0.259. The highest BCUT2D eigenvalue weighted by molar-refractivity contribution is 7.89. The highest BCUT2D eigenvalue weighted by Gasteiger charge is 2.29. The fourth-order valence-corrected chi connectivity index (χ4v) is 3.05. The number of hydrogen-bond acceptors (Lipinski definition) is 3. The molecule has 0 radical (unpaired) electrons. The van der Waals surface area contributed by atoms with Crippen molar-refractivity contribution in [1.29, 1.82) is 0 Å². The van der Waals surface area contributed by atoms with Crippen molar-refractivity contribution in [2.24, 2.45) is 0 Å². The Balaban J connectivity index is 2.24. The molecule has 1 saturated carbocycles. The van der Waals surface area contributed by atoms with E-state index >= 15 is 0 Å². The molecule has 0 spiro atoms. The van der Waals surface area contributed by atoms with Crippen LogP contribution in [0.25, 0.3) is 0 Å². The van der Waals surface area contributed by atoms with Crippen molar-refractivity contribution in [2.75, 3.05) is 6.54 Å². The first-order valence-corrected chi connectivity index (χ1v) is 7.52. The summed E-state index contributed by atoms with van der Waals surface area (Å²) in [6, 6.07) is 4.16. The summed E-state index contributed by atoms with van der Waals surface area (Å²) in [6.45, 7) is 3.26. The topological polar surface area (TPSA) is 58.2 Å². The molecule has 1 aromatic rings. The molecule has 1 aliphatic carbocycles. The van der Waals surface area contributed by atoms with Gasteiger partial charge in [0.2, 0.25) is 10.0 Å². The summed E-state index contributed by atoms with van der Waals surface area (Å²) >= 11 is 0. The van der Waals surface area contributed by atoms with Crippen molar-refractivity contribution in [3.8, 4) is 0 Å². The monoisotopic (exact) mass is 272 g/mol. The maximum absolute atomic E-state index is 13.6. The number of halogens is 1. The second kappa shape index (κ2) is 5.34. The zero-order valence-electron chi connectivity index (χ0n) is 10.2. The highest BCUT2D eigenvalue weighted by atomic mass is 32.2. The Morgan fingerprint density at radius 1 is 1.39 bits per heavy atom. The van der Waals surface area contributed by atoms with Gasteiger partial charge in [0.1, 0.15) is 10.7 Å². The van der Waals surface area contributed by atoms with E-state index < -0.39 is 15.8 Å². The van der Waals surface area contributed by atoms with Gasteiger partial charge in [0.15, 0.2) is 0 Å². The molecule has 4 nitrogen and oxygen atoms in total. The molecule has 18 heavy (non-hydrogen) atoms. The van der Waals surface area contributed by atoms with Crippen LogP contribution in [0.1, 0.15) is 25.3 Å². The predicted molar refractivity (Wildman–Crippen MR) is 67.1 cm³/mol. The van der Waals surface area contributed by atoms with E-state index in [4.69, 9.17) is 0 Å². The van der Waals surface area contributed by atoms with Crippen molar-refractivity contribution >= 4 is 10.0 Å². The van der Waals surface area contributed by atoms with Crippen molar-refractivity contribution in [3.63, 3.8) is 0 Å². The first kappa shape index (κ1) is 13.5. The second-order valence-electron chi connectivity index (χ2n) is 4.44. The van der Waals surface area contributed by atoms with Crippen molar-refractivity contribution < 1.29 is 12.8 Å². The van der Waals surface area contributed by atoms with Crippen LogP contribution >= 0.6 is 0 Å². The Hall–Kier alpha value is -0.980. The van der Waals surface area contributed by atoms with Crippen LogP contribution in [-0.2, 0) is 16.6 Å². The molecule has 0 saturated heterocycles. The van der Waals surface area contributed by atoms with Gasteiger partial charge in [-0.1, -0.05) is 13.0 Å². The van der Waals surface area contributed by atoms with Gasteiger partial charge in [0.25, 0.3) is 0 Å². The fourth-order valence-electron chi connectivity index (χ4n) is 1.62. The average molecular weight is 272 g/mol. The minimum Gasteiger partial charge on any atom is -0.313 e. The lowest BCUT2D eigenvalue weighted by Gasteiger charge is -2.09. The van der Waals surface area contributed by atoms with Gasteiger partial charge in [0.05, 0.1) is 0 Å². The first-order chi connectivity index (χ1) is 8.53. The van der Waals surface area contributed by atoms with E-state index in [0.29, 0.717) is 6.54 Å². The quantitative estimate of drug-likeness (QED) is 0.822. The zero-order valence-corrected chi connectivity index (χ0v) is 11.1. The number of hydrogen-bond donors (Lipinski definition) is 2. The number of sulfonamides is 1. The highest BCUT2D eigenvalue weighted by Crippen LogP contribution is 2.23. The molecular weight excluding hydrogens is 255 g/mol. The van der Waals surface area contributed by atoms with Gasteiger partial charge in [-0.05, 0) is 37.1 Å². The SMILES string of the molecule is CCNCc1ccc(F)c(S(=O)(=O)NC2CC2)c1. The normalized spacial score (nSPS) is 15.9. The summed E-state index contributed by atoms with van der Waals surface area (Å²) in [5, 5.41) is 3.08. The zero-order chi connectivity index (χ0) is 13.2. The van der Waals surface area contributed by atoms with Gasteiger partial charge < -0.3 is 5.32 Å². The van der Waals surface area contributed by atoms with E-state index in [0.717, 1.165) is 24.9 Å². The maximum atomic E-state index is 13.6. The standard InChI is InChI=1S/C12H17FN2O2S/c1-2-14-8-9-3-6-11(13)12(7-9)18(16,17)15-10-4-5-10/h3,6-7,10,14-15H,2,4-5,8H2,1H3. The molecule has 0 atom stereocenters. The van der Waals surface area contributed by atoms with Gasteiger partial charge in [-0.25, -0.2) is 17.5 Å². The summed E-state index contributed by atoms with van der Waals surface area (Å²) in [6.07, 6.45) is 1.66. The van der Waals surface area contributed by atoms with Gasteiger partial charge in [0, 0.05) is 12.6 Å². The molecule has 0 aliphatic heterocycles. The van der Waals surface area contributed by atoms with Gasteiger partial charge in [-0.3, -0.25) is 0 Å². The van der Waals surface area contributed by atoms with E-state index in [1.165, 1.54) is 12.1 Å². The molecule has 2 N–H and O–H groups in total. The maximum Gasteiger partial charge on any atom is 0.243 e. The van der Waals surface area contributed by atoms with Gasteiger partial charge in [-0.15, -0.1) is 0 Å². The van der Waals surface area contributed by atoms with E-state index in [1.807, 2.05) is 6.92 Å². The molecule has 100 valence electrons. The minimum absolute atomic E-state index is 0.0215. The van der Waals surface area contributed by atoms with Crippen LogP contribution in [0.4, 0.5) is 4.39 Å². The van der Waals surface area contributed by atoms with Gasteiger partial charge >= 0.3 is 0 Å². The molecule has 0 heterocycles. The van der Waals surface area contributed by atoms with Crippen LogP contribution in [0.5, 0.6) is 0 Å². The Morgan fingerprint density at radius 3 is 2.72 bits per heavy atom. The second-order valence-corrected chi connectivity index (χ2v) is 6.12. The summed E-state index contributed by atoms with van der Waals surface area (Å²) in [5.74, 6) is -0.705. The molecule has 0 unspecified atom stereocenters. The predicted octanol–water partition coefficient (Wildman–Crippen LogP) is 1.38. The van der Waals surface area contributed by atoms with Crippen LogP contribution in [0.15, 0.2) is 23.1 Å². The first-order valence-electron chi connectivity index (χ1n) is 6.04. The lowest BCUT2D eigenvalue weighted by atomic mass is 10.2.